The van der Waals surface area contributed by atoms with Gasteiger partial charge in [-0.1, -0.05) is 0 Å². The van der Waals surface area contributed by atoms with Crippen LogP contribution in [-0.4, -0.2) is 33.7 Å². The number of hydrogen-bond acceptors (Lipinski definition) is 4. The van der Waals surface area contributed by atoms with Gasteiger partial charge in [0.05, 0.1) is 9.79 Å². The first-order chi connectivity index (χ1) is 9.78. The largest absolute Gasteiger partial charge is 0.332 e. The van der Waals surface area contributed by atoms with Crippen LogP contribution in [0, 0.1) is 5.92 Å². The van der Waals surface area contributed by atoms with Crippen molar-refractivity contribution in [2.24, 2.45) is 5.92 Å². The molecule has 0 aliphatic heterocycles. The monoisotopic (exact) mass is 333 g/mol. The van der Waals surface area contributed by atoms with Gasteiger partial charge < -0.3 is 0 Å². The Balaban J connectivity index is 1.89. The van der Waals surface area contributed by atoms with E-state index in [1.165, 1.54) is 4.31 Å². The third-order valence-electron chi connectivity index (χ3n) is 3.80. The van der Waals surface area contributed by atoms with E-state index in [1.54, 1.807) is 0 Å². The molecule has 0 saturated heterocycles. The number of nitrogens with zero attached hydrogens (tertiary/aromatic N) is 1. The van der Waals surface area contributed by atoms with Gasteiger partial charge in [0, 0.05) is 12.6 Å². The maximum absolute atomic E-state index is 12.8. The number of sulfonamides is 1. The maximum Gasteiger partial charge on any atom is 0.332 e. The summed E-state index contributed by atoms with van der Waals surface area (Å²) in [5.74, 6) is 0.436. The molecule has 1 aromatic carbocycles. The average molecular weight is 333 g/mol. The first-order valence-electron chi connectivity index (χ1n) is 6.85. The first-order valence-corrected chi connectivity index (χ1v) is 9.67. The van der Waals surface area contributed by atoms with Crippen LogP contribution in [0.3, 0.4) is 0 Å². The normalized spacial score (nSPS) is 19.9. The quantitative estimate of drug-likeness (QED) is 0.746. The van der Waals surface area contributed by atoms with Crippen LogP contribution in [0.1, 0.15) is 25.7 Å². The van der Waals surface area contributed by atoms with Gasteiger partial charge in [-0.2, -0.15) is 12.7 Å². The molecular weight excluding hydrogens is 317 g/mol. The van der Waals surface area contributed by atoms with Crippen LogP contribution >= 0.6 is 0 Å². The van der Waals surface area contributed by atoms with Gasteiger partial charge in [0.15, 0.2) is 0 Å². The van der Waals surface area contributed by atoms with E-state index in [2.05, 4.69) is 0 Å². The van der Waals surface area contributed by atoms with Gasteiger partial charge in [-0.3, -0.25) is 0 Å². The van der Waals surface area contributed by atoms with Crippen molar-refractivity contribution in [3.05, 3.63) is 24.3 Å². The molecule has 8 heteroatoms. The molecule has 3 rings (SSSR count). The van der Waals surface area contributed by atoms with E-state index < -0.39 is 25.1 Å². The predicted molar refractivity (Wildman–Crippen MR) is 74.4 cm³/mol. The molecule has 2 saturated carbocycles. The van der Waals surface area contributed by atoms with Crippen LogP contribution in [-0.2, 0) is 20.2 Å². The van der Waals surface area contributed by atoms with E-state index in [0.29, 0.717) is 12.5 Å². The van der Waals surface area contributed by atoms with E-state index in [9.17, 15) is 20.7 Å². The second kappa shape index (κ2) is 5.03. The van der Waals surface area contributed by atoms with Gasteiger partial charge in [0.1, 0.15) is 0 Å². The molecule has 2 aliphatic carbocycles. The highest BCUT2D eigenvalue weighted by Crippen LogP contribution is 2.38. The van der Waals surface area contributed by atoms with E-state index in [4.69, 9.17) is 0 Å². The SMILES string of the molecule is O=S(=O)(F)c1ccc(S(=O)(=O)N(CC2CC2)C2CC2)cc1. The van der Waals surface area contributed by atoms with Gasteiger partial charge >= 0.3 is 10.2 Å². The summed E-state index contributed by atoms with van der Waals surface area (Å²) in [5, 5.41) is 0. The molecule has 0 amide bonds. The summed E-state index contributed by atoms with van der Waals surface area (Å²) in [4.78, 5) is -0.510. The molecule has 0 atom stereocenters. The molecule has 116 valence electrons. The Hall–Kier alpha value is -0.990. The summed E-state index contributed by atoms with van der Waals surface area (Å²) in [7, 11) is -8.45. The summed E-state index contributed by atoms with van der Waals surface area (Å²) in [6.07, 6.45) is 3.83. The Morgan fingerprint density at radius 2 is 1.48 bits per heavy atom. The Labute approximate surface area is 124 Å². The van der Waals surface area contributed by atoms with Crippen molar-refractivity contribution in [2.45, 2.75) is 41.5 Å². The molecule has 2 aliphatic rings. The van der Waals surface area contributed by atoms with Gasteiger partial charge in [0.25, 0.3) is 0 Å². The molecule has 0 heterocycles. The van der Waals surface area contributed by atoms with E-state index in [-0.39, 0.29) is 10.9 Å². The number of halogens is 1. The average Bonchev–Trinajstić information content (AvgIpc) is 3.27. The van der Waals surface area contributed by atoms with Crippen molar-refractivity contribution in [1.82, 2.24) is 4.31 Å². The zero-order valence-corrected chi connectivity index (χ0v) is 12.9. The van der Waals surface area contributed by atoms with Crippen LogP contribution in [0.5, 0.6) is 0 Å². The highest BCUT2D eigenvalue weighted by molar-refractivity contribution is 7.89. The van der Waals surface area contributed by atoms with E-state index in [0.717, 1.165) is 49.9 Å². The Kier molecular flexibility index (Phi) is 3.58. The van der Waals surface area contributed by atoms with Crippen molar-refractivity contribution in [2.75, 3.05) is 6.54 Å². The lowest BCUT2D eigenvalue weighted by molar-refractivity contribution is 0.388. The Morgan fingerprint density at radius 3 is 1.90 bits per heavy atom. The second-order valence-corrected chi connectivity index (χ2v) is 8.90. The molecule has 0 unspecified atom stereocenters. The summed E-state index contributed by atoms with van der Waals surface area (Å²) in [6, 6.07) is 4.35. The number of rotatable bonds is 6. The molecule has 5 nitrogen and oxygen atoms in total. The van der Waals surface area contributed by atoms with Gasteiger partial charge in [0.2, 0.25) is 10.0 Å². The minimum atomic E-state index is -4.81. The second-order valence-electron chi connectivity index (χ2n) is 5.66. The summed E-state index contributed by atoms with van der Waals surface area (Å²) in [5.41, 5.74) is 0. The Bertz CT molecular complexity index is 735. The third kappa shape index (κ3) is 3.27. The van der Waals surface area contributed by atoms with Crippen molar-refractivity contribution in [3.63, 3.8) is 0 Å². The van der Waals surface area contributed by atoms with Crippen LogP contribution in [0.25, 0.3) is 0 Å². The molecule has 21 heavy (non-hydrogen) atoms. The van der Waals surface area contributed by atoms with E-state index >= 15 is 0 Å². The minimum Gasteiger partial charge on any atom is -0.207 e. The Morgan fingerprint density at radius 1 is 0.952 bits per heavy atom. The zero-order chi connectivity index (χ0) is 15.3. The molecule has 0 radical (unpaired) electrons. The fourth-order valence-corrected chi connectivity index (χ4v) is 4.49. The van der Waals surface area contributed by atoms with Crippen molar-refractivity contribution < 1.29 is 20.7 Å². The molecule has 1 aromatic rings. The third-order valence-corrected chi connectivity index (χ3v) is 6.57. The molecule has 2 fully saturated rings. The summed E-state index contributed by atoms with van der Waals surface area (Å²) in [6.45, 7) is 0.524. The van der Waals surface area contributed by atoms with E-state index in [1.807, 2.05) is 0 Å². The fourth-order valence-electron chi connectivity index (χ4n) is 2.27. The minimum absolute atomic E-state index is 0.0162. The predicted octanol–water partition coefficient (Wildman–Crippen LogP) is 1.91. The van der Waals surface area contributed by atoms with Crippen LogP contribution in [0.4, 0.5) is 3.89 Å². The molecule has 0 spiro atoms. The van der Waals surface area contributed by atoms with Crippen LogP contribution in [0.15, 0.2) is 34.1 Å². The summed E-state index contributed by atoms with van der Waals surface area (Å²) >= 11 is 0. The van der Waals surface area contributed by atoms with Crippen molar-refractivity contribution in [1.29, 1.82) is 0 Å². The smallest absolute Gasteiger partial charge is 0.207 e. The van der Waals surface area contributed by atoms with Crippen LogP contribution < -0.4 is 0 Å². The topological polar surface area (TPSA) is 71.5 Å². The van der Waals surface area contributed by atoms with Gasteiger partial charge in [-0.15, -0.1) is 3.89 Å². The van der Waals surface area contributed by atoms with Crippen LogP contribution in [0.2, 0.25) is 0 Å². The lowest BCUT2D eigenvalue weighted by Crippen LogP contribution is -2.34. The number of benzene rings is 1. The maximum atomic E-state index is 12.8. The highest BCUT2D eigenvalue weighted by atomic mass is 32.3. The molecule has 0 aromatic heterocycles. The first kappa shape index (κ1) is 14.9. The standard InChI is InChI=1S/C13H16FNO4S2/c14-20(16,17)12-5-7-13(8-6-12)21(18,19)15(11-3-4-11)9-10-1-2-10/h5-8,10-11H,1-4,9H2. The lowest BCUT2D eigenvalue weighted by atomic mass is 10.4. The molecular formula is C13H16FNO4S2. The number of hydrogen-bond donors (Lipinski definition) is 0. The van der Waals surface area contributed by atoms with Crippen molar-refractivity contribution >= 4 is 20.2 Å². The van der Waals surface area contributed by atoms with Crippen molar-refractivity contribution in [3.8, 4) is 0 Å². The summed E-state index contributed by atoms with van der Waals surface area (Å²) < 4.78 is 61.1. The molecule has 0 N–H and O–H groups in total. The van der Waals surface area contributed by atoms with Gasteiger partial charge in [-0.25, -0.2) is 8.42 Å². The fraction of sp³-hybridized carbons (Fsp3) is 0.538. The highest BCUT2D eigenvalue weighted by Gasteiger charge is 2.41. The molecule has 0 bridgehead atoms. The zero-order valence-electron chi connectivity index (χ0n) is 11.3. The lowest BCUT2D eigenvalue weighted by Gasteiger charge is -2.21. The van der Waals surface area contributed by atoms with Gasteiger partial charge in [-0.05, 0) is 55.9 Å².